The molecule has 0 bridgehead atoms. The lowest BCUT2D eigenvalue weighted by molar-refractivity contribution is -0.139. The number of nitrogens with one attached hydrogen (secondary N) is 2. The van der Waals surface area contributed by atoms with E-state index in [4.69, 9.17) is 9.84 Å². The largest absolute Gasteiger partial charge is 0.480 e. The molecular weight excluding hydrogens is 448 g/mol. The number of hydrogen-bond donors (Lipinski definition) is 3. The van der Waals surface area contributed by atoms with E-state index in [-0.39, 0.29) is 6.42 Å². The fourth-order valence-corrected chi connectivity index (χ4v) is 3.45. The fourth-order valence-electron chi connectivity index (χ4n) is 3.45. The Labute approximate surface area is 207 Å². The zero-order valence-electron chi connectivity index (χ0n) is 20.6. The predicted octanol–water partition coefficient (Wildman–Crippen LogP) is 2.67. The number of aliphatic carboxylic acids is 1. The van der Waals surface area contributed by atoms with Crippen molar-refractivity contribution in [1.82, 2.24) is 20.7 Å². The first-order valence-corrected chi connectivity index (χ1v) is 11.6. The number of carboxylic acid groups (broad SMARTS) is 1. The van der Waals surface area contributed by atoms with Crippen molar-refractivity contribution in [3.8, 4) is 0 Å². The predicted molar refractivity (Wildman–Crippen MR) is 133 cm³/mol. The van der Waals surface area contributed by atoms with E-state index in [9.17, 15) is 14.4 Å². The second-order valence-electron chi connectivity index (χ2n) is 9.22. The molecule has 9 heteroatoms. The van der Waals surface area contributed by atoms with Crippen LogP contribution >= 0.6 is 0 Å². The second-order valence-corrected chi connectivity index (χ2v) is 9.22. The first-order valence-electron chi connectivity index (χ1n) is 11.6. The van der Waals surface area contributed by atoms with Crippen LogP contribution in [0.1, 0.15) is 31.9 Å². The summed E-state index contributed by atoms with van der Waals surface area (Å²) in [5.74, 6) is -1.09. The van der Waals surface area contributed by atoms with Crippen LogP contribution < -0.4 is 10.7 Å². The highest BCUT2D eigenvalue weighted by atomic mass is 16.6. The summed E-state index contributed by atoms with van der Waals surface area (Å²) in [6.45, 7) is 9.94. The number of benzene rings is 2. The molecule has 0 radical (unpaired) electrons. The lowest BCUT2D eigenvalue weighted by Crippen LogP contribution is -2.51. The minimum absolute atomic E-state index is 0.218. The quantitative estimate of drug-likeness (QED) is 0.494. The Morgan fingerprint density at radius 3 is 2.00 bits per heavy atom. The fraction of sp³-hybridized carbons (Fsp3) is 0.423. The molecule has 1 heterocycles. The molecule has 3 rings (SSSR count). The van der Waals surface area contributed by atoms with E-state index >= 15 is 0 Å². The van der Waals surface area contributed by atoms with Gasteiger partial charge in [-0.3, -0.25) is 15.1 Å². The monoisotopic (exact) mass is 484 g/mol. The van der Waals surface area contributed by atoms with Gasteiger partial charge in [0.05, 0.1) is 0 Å². The molecule has 1 aliphatic rings. The second kappa shape index (κ2) is 14.1. The summed E-state index contributed by atoms with van der Waals surface area (Å²) < 4.78 is 5.04. The van der Waals surface area contributed by atoms with Gasteiger partial charge in [0, 0.05) is 39.1 Å². The van der Waals surface area contributed by atoms with Gasteiger partial charge >= 0.3 is 12.1 Å². The van der Waals surface area contributed by atoms with E-state index in [1.807, 2.05) is 41.4 Å². The van der Waals surface area contributed by atoms with Crippen molar-refractivity contribution in [3.63, 3.8) is 0 Å². The SMILES string of the molecule is CC(C)(C)OC(=O)N[C@H](Cc1ccccc1)C(=O)O.O=CNN1CCN(Cc2ccccc2)CC1. The van der Waals surface area contributed by atoms with E-state index in [1.165, 1.54) is 5.56 Å². The van der Waals surface area contributed by atoms with Gasteiger partial charge in [-0.15, -0.1) is 0 Å². The third-order valence-corrected chi connectivity index (χ3v) is 5.13. The van der Waals surface area contributed by atoms with Crippen molar-refractivity contribution in [2.75, 3.05) is 26.2 Å². The number of rotatable bonds is 8. The highest BCUT2D eigenvalue weighted by Crippen LogP contribution is 2.09. The molecule has 0 saturated carbocycles. The number of carbonyl (C=O) groups excluding carboxylic acids is 2. The number of hydrazine groups is 1. The Bertz CT molecular complexity index is 910. The van der Waals surface area contributed by atoms with Crippen LogP contribution in [0.5, 0.6) is 0 Å². The van der Waals surface area contributed by atoms with Crippen molar-refractivity contribution in [2.45, 2.75) is 45.4 Å². The van der Waals surface area contributed by atoms with E-state index in [2.05, 4.69) is 39.9 Å². The first kappa shape index (κ1) is 27.8. The maximum atomic E-state index is 11.6. The van der Waals surface area contributed by atoms with Gasteiger partial charge in [0.15, 0.2) is 0 Å². The van der Waals surface area contributed by atoms with Crippen molar-refractivity contribution in [2.24, 2.45) is 0 Å². The molecule has 3 N–H and O–H groups in total. The van der Waals surface area contributed by atoms with Gasteiger partial charge in [0.2, 0.25) is 6.41 Å². The highest BCUT2D eigenvalue weighted by Gasteiger charge is 2.24. The van der Waals surface area contributed by atoms with E-state index in [0.29, 0.717) is 0 Å². The molecule has 0 aromatic heterocycles. The van der Waals surface area contributed by atoms with Gasteiger partial charge in [-0.25, -0.2) is 14.6 Å². The zero-order chi connectivity index (χ0) is 25.7. The van der Waals surface area contributed by atoms with Gasteiger partial charge in [0.1, 0.15) is 11.6 Å². The maximum absolute atomic E-state index is 11.6. The van der Waals surface area contributed by atoms with Crippen LogP contribution in [0.2, 0.25) is 0 Å². The zero-order valence-corrected chi connectivity index (χ0v) is 20.6. The molecule has 2 aromatic rings. The number of hydrogen-bond acceptors (Lipinski definition) is 6. The number of nitrogens with zero attached hydrogens (tertiary/aromatic N) is 2. The Balaban J connectivity index is 0.000000250. The molecule has 1 saturated heterocycles. The van der Waals surface area contributed by atoms with Crippen LogP contribution in [0.15, 0.2) is 60.7 Å². The van der Waals surface area contributed by atoms with E-state index in [1.54, 1.807) is 20.8 Å². The van der Waals surface area contributed by atoms with Crippen LogP contribution in [0.25, 0.3) is 0 Å². The molecule has 2 aromatic carbocycles. The molecule has 1 atom stereocenters. The molecule has 0 unspecified atom stereocenters. The lowest BCUT2D eigenvalue weighted by atomic mass is 10.1. The summed E-state index contributed by atoms with van der Waals surface area (Å²) in [6.07, 6.45) is 0.235. The number of carboxylic acids is 1. The normalized spacial score (nSPS) is 15.2. The smallest absolute Gasteiger partial charge is 0.408 e. The first-order chi connectivity index (χ1) is 16.7. The Morgan fingerprint density at radius 2 is 1.51 bits per heavy atom. The highest BCUT2D eigenvalue weighted by molar-refractivity contribution is 5.80. The molecule has 9 nitrogen and oxygen atoms in total. The standard InChI is InChI=1S/C14H19NO4.C12H17N3O/c1-14(2,3)19-13(18)15-11(12(16)17)9-10-7-5-4-6-8-10;16-11-13-15-8-6-14(7-9-15)10-12-4-2-1-3-5-12/h4-8,11H,9H2,1-3H3,(H,15,18)(H,16,17);1-5,11H,6-10H2,(H,13,16)/t11-;/m1./s1. The number of carbonyl (C=O) groups is 3. The van der Waals surface area contributed by atoms with Gasteiger partial charge in [0.25, 0.3) is 0 Å². The third-order valence-electron chi connectivity index (χ3n) is 5.13. The van der Waals surface area contributed by atoms with Crippen LogP contribution in [-0.4, -0.2) is 71.3 Å². The number of amides is 2. The maximum Gasteiger partial charge on any atom is 0.408 e. The Hall–Kier alpha value is -3.43. The van der Waals surface area contributed by atoms with Crippen molar-refractivity contribution >= 4 is 18.5 Å². The van der Waals surface area contributed by atoms with E-state index in [0.717, 1.165) is 44.7 Å². The summed E-state index contributed by atoms with van der Waals surface area (Å²) in [7, 11) is 0. The van der Waals surface area contributed by atoms with E-state index < -0.39 is 23.7 Å². The molecule has 1 aliphatic heterocycles. The minimum Gasteiger partial charge on any atom is -0.480 e. The molecule has 2 amide bonds. The van der Waals surface area contributed by atoms with Crippen molar-refractivity contribution < 1.29 is 24.2 Å². The number of ether oxygens (including phenoxy) is 1. The molecule has 190 valence electrons. The van der Waals surface area contributed by atoms with Crippen molar-refractivity contribution in [3.05, 3.63) is 71.8 Å². The van der Waals surface area contributed by atoms with Gasteiger partial charge in [-0.2, -0.15) is 0 Å². The summed E-state index contributed by atoms with van der Waals surface area (Å²) >= 11 is 0. The summed E-state index contributed by atoms with van der Waals surface area (Å²) in [5, 5.41) is 13.4. The molecule has 35 heavy (non-hydrogen) atoms. The molecule has 0 spiro atoms. The van der Waals surface area contributed by atoms with Crippen LogP contribution in [0.3, 0.4) is 0 Å². The molecule has 1 fully saturated rings. The molecule has 0 aliphatic carbocycles. The Kier molecular flexibility index (Phi) is 11.2. The number of piperazine rings is 1. The topological polar surface area (TPSA) is 111 Å². The third kappa shape index (κ3) is 11.5. The lowest BCUT2D eigenvalue weighted by Gasteiger charge is -2.33. The van der Waals surface area contributed by atoms with Crippen LogP contribution in [0.4, 0.5) is 4.79 Å². The summed E-state index contributed by atoms with van der Waals surface area (Å²) in [4.78, 5) is 35.4. The average molecular weight is 485 g/mol. The van der Waals surface area contributed by atoms with Gasteiger partial charge in [-0.1, -0.05) is 60.7 Å². The van der Waals surface area contributed by atoms with Crippen LogP contribution in [0, 0.1) is 0 Å². The minimum atomic E-state index is -1.09. The van der Waals surface area contributed by atoms with Crippen LogP contribution in [-0.2, 0) is 27.3 Å². The van der Waals surface area contributed by atoms with Crippen molar-refractivity contribution in [1.29, 1.82) is 0 Å². The number of alkyl carbamates (subject to hydrolysis) is 1. The van der Waals surface area contributed by atoms with Gasteiger partial charge < -0.3 is 15.2 Å². The van der Waals surface area contributed by atoms with Gasteiger partial charge in [-0.05, 0) is 31.9 Å². The molecular formula is C26H36N4O5. The average Bonchev–Trinajstić information content (AvgIpc) is 2.81. The summed E-state index contributed by atoms with van der Waals surface area (Å²) in [5.41, 5.74) is 4.23. The Morgan fingerprint density at radius 1 is 0.971 bits per heavy atom. The summed E-state index contributed by atoms with van der Waals surface area (Å²) in [6, 6.07) is 18.6.